The van der Waals surface area contributed by atoms with Crippen molar-refractivity contribution in [3.63, 3.8) is 0 Å². The van der Waals surface area contributed by atoms with Crippen LogP contribution in [0.2, 0.25) is 0 Å². The molecule has 0 spiro atoms. The molecule has 0 bridgehead atoms. The fraction of sp³-hybridized carbons (Fsp3) is 0.688. The first kappa shape index (κ1) is 19.6. The van der Waals surface area contributed by atoms with Gasteiger partial charge in [0.2, 0.25) is 0 Å². The predicted molar refractivity (Wildman–Crippen MR) is 83.9 cm³/mol. The number of amides is 1. The molecule has 0 aromatic rings. The van der Waals surface area contributed by atoms with Crippen molar-refractivity contribution in [2.45, 2.75) is 51.4 Å². The normalized spacial score (nSPS) is 23.6. The highest BCUT2D eigenvalue weighted by Gasteiger charge is 2.51. The molecule has 5 nitrogen and oxygen atoms in total. The number of allylic oxidation sites excluding steroid dienone is 2. The van der Waals surface area contributed by atoms with E-state index in [9.17, 15) is 22.4 Å². The first-order valence-corrected chi connectivity index (χ1v) is 8.09. The number of halogens is 4. The molecule has 1 saturated heterocycles. The first-order chi connectivity index (χ1) is 11.4. The van der Waals surface area contributed by atoms with E-state index in [4.69, 9.17) is 10.5 Å². The van der Waals surface area contributed by atoms with Crippen LogP contribution in [0.1, 0.15) is 33.6 Å². The van der Waals surface area contributed by atoms with Crippen molar-refractivity contribution in [2.24, 2.45) is 11.7 Å². The van der Waals surface area contributed by atoms with Gasteiger partial charge in [-0.1, -0.05) is 0 Å². The molecule has 9 heteroatoms. The van der Waals surface area contributed by atoms with Gasteiger partial charge in [0.1, 0.15) is 11.4 Å². The van der Waals surface area contributed by atoms with Crippen LogP contribution in [0, 0.1) is 5.92 Å². The third-order valence-corrected chi connectivity index (χ3v) is 4.03. The van der Waals surface area contributed by atoms with E-state index in [0.717, 1.165) is 0 Å². The van der Waals surface area contributed by atoms with Gasteiger partial charge < -0.3 is 15.8 Å². The fourth-order valence-electron chi connectivity index (χ4n) is 2.98. The molecule has 2 aliphatic rings. The molecule has 25 heavy (non-hydrogen) atoms. The number of nitrogens with two attached hydrogens (primary N) is 1. The average molecular weight is 365 g/mol. The van der Waals surface area contributed by atoms with Crippen LogP contribution >= 0.6 is 0 Å². The Morgan fingerprint density at radius 2 is 1.84 bits per heavy atom. The lowest BCUT2D eigenvalue weighted by atomic mass is 9.89. The van der Waals surface area contributed by atoms with Crippen LogP contribution in [-0.2, 0) is 4.74 Å². The molecule has 1 unspecified atom stereocenters. The Kier molecular flexibility index (Phi) is 5.36. The van der Waals surface area contributed by atoms with Crippen LogP contribution in [-0.4, -0.2) is 41.9 Å². The van der Waals surface area contributed by atoms with Crippen LogP contribution in [0.3, 0.4) is 0 Å². The predicted octanol–water partition coefficient (Wildman–Crippen LogP) is 3.19. The van der Waals surface area contributed by atoms with Gasteiger partial charge in [0, 0.05) is 5.92 Å². The van der Waals surface area contributed by atoms with E-state index in [1.165, 1.54) is 0 Å². The summed E-state index contributed by atoms with van der Waals surface area (Å²) in [4.78, 5) is 13.0. The molecule has 0 radical (unpaired) electrons. The summed E-state index contributed by atoms with van der Waals surface area (Å²) in [7, 11) is 0. The molecule has 1 atom stereocenters. The van der Waals surface area contributed by atoms with Gasteiger partial charge in [0.25, 0.3) is 0 Å². The number of carbonyl (C=O) groups excluding carboxylic acids is 1. The molecule has 1 amide bonds. The minimum absolute atomic E-state index is 0.141. The Hall–Kier alpha value is -1.77. The van der Waals surface area contributed by atoms with Crippen molar-refractivity contribution in [1.29, 1.82) is 0 Å². The van der Waals surface area contributed by atoms with Gasteiger partial charge in [0.05, 0.1) is 11.4 Å². The third kappa shape index (κ3) is 4.45. The second-order valence-electron chi connectivity index (χ2n) is 7.17. The van der Waals surface area contributed by atoms with E-state index in [0.29, 0.717) is 36.9 Å². The topological polar surface area (TPSA) is 67.6 Å². The average Bonchev–Trinajstić information content (AvgIpc) is 2.47. The molecule has 3 N–H and O–H groups in total. The first-order valence-electron chi connectivity index (χ1n) is 8.09. The smallest absolute Gasteiger partial charge is 0.415 e. The van der Waals surface area contributed by atoms with Gasteiger partial charge in [-0.2, -0.15) is 13.2 Å². The Labute approximate surface area is 143 Å². The van der Waals surface area contributed by atoms with Gasteiger partial charge in [0.15, 0.2) is 6.04 Å². The van der Waals surface area contributed by atoms with Crippen molar-refractivity contribution in [3.05, 3.63) is 23.3 Å². The molecule has 2 rings (SSSR count). The Bertz CT molecular complexity index is 587. The molecule has 0 saturated carbocycles. The Balaban J connectivity index is 2.49. The molecule has 0 aliphatic carbocycles. The maximum Gasteiger partial charge on any atom is 0.415 e. The van der Waals surface area contributed by atoms with E-state index in [1.807, 2.05) is 0 Å². The van der Waals surface area contributed by atoms with Gasteiger partial charge in [-0.15, -0.1) is 0 Å². The van der Waals surface area contributed by atoms with E-state index in [2.05, 4.69) is 5.32 Å². The van der Waals surface area contributed by atoms with E-state index < -0.39 is 41.4 Å². The fourth-order valence-corrected chi connectivity index (χ4v) is 2.98. The number of ether oxygens (including phenoxy) is 1. The van der Waals surface area contributed by atoms with Crippen molar-refractivity contribution in [2.75, 3.05) is 13.1 Å². The molecule has 1 fully saturated rings. The summed E-state index contributed by atoms with van der Waals surface area (Å²) in [5, 5.41) is 3.07. The summed E-state index contributed by atoms with van der Waals surface area (Å²) in [6, 6.07) is -2.44. The zero-order valence-electron chi connectivity index (χ0n) is 14.4. The Morgan fingerprint density at radius 3 is 2.32 bits per heavy atom. The van der Waals surface area contributed by atoms with E-state index >= 15 is 0 Å². The summed E-state index contributed by atoms with van der Waals surface area (Å²) in [5.41, 5.74) is 4.18. The molecule has 0 aromatic carbocycles. The van der Waals surface area contributed by atoms with E-state index in [-0.39, 0.29) is 5.70 Å². The minimum Gasteiger partial charge on any atom is -0.443 e. The summed E-state index contributed by atoms with van der Waals surface area (Å²) in [6.07, 6.45) is -4.81. The number of carbonyl (C=O) groups is 1. The molecule has 142 valence electrons. The van der Waals surface area contributed by atoms with E-state index in [1.54, 1.807) is 20.8 Å². The summed E-state index contributed by atoms with van der Waals surface area (Å²) in [5.74, 6) is -1.62. The summed E-state index contributed by atoms with van der Waals surface area (Å²) in [6.45, 7) is 5.73. The van der Waals surface area contributed by atoms with Crippen LogP contribution in [0.5, 0.6) is 0 Å². The van der Waals surface area contributed by atoms with Crippen LogP contribution < -0.4 is 11.1 Å². The highest BCUT2D eigenvalue weighted by atomic mass is 19.4. The van der Waals surface area contributed by atoms with Crippen molar-refractivity contribution >= 4 is 6.09 Å². The zero-order valence-corrected chi connectivity index (χ0v) is 14.4. The largest absolute Gasteiger partial charge is 0.443 e. The number of piperidine rings is 1. The lowest BCUT2D eigenvalue weighted by molar-refractivity contribution is -0.165. The minimum atomic E-state index is -4.85. The zero-order chi connectivity index (χ0) is 19.0. The van der Waals surface area contributed by atoms with Gasteiger partial charge in [-0.3, -0.25) is 4.90 Å². The van der Waals surface area contributed by atoms with Crippen LogP contribution in [0.15, 0.2) is 23.3 Å². The summed E-state index contributed by atoms with van der Waals surface area (Å²) < 4.78 is 59.7. The molecular weight excluding hydrogens is 342 g/mol. The van der Waals surface area contributed by atoms with Crippen LogP contribution in [0.4, 0.5) is 22.4 Å². The maximum absolute atomic E-state index is 14.1. The van der Waals surface area contributed by atoms with Crippen molar-refractivity contribution in [3.8, 4) is 0 Å². The van der Waals surface area contributed by atoms with Gasteiger partial charge in [-0.25, -0.2) is 9.18 Å². The highest BCUT2D eigenvalue weighted by Crippen LogP contribution is 2.40. The van der Waals surface area contributed by atoms with Crippen molar-refractivity contribution in [1.82, 2.24) is 10.2 Å². The number of hydrogen-bond acceptors (Lipinski definition) is 4. The SMILES string of the molecule is CC(C)(C)OC(=O)N1C(C2CCNCC2)=C(N)C(F)=CC1C(F)(F)F. The number of nitrogens with zero attached hydrogens (tertiary/aromatic N) is 1. The lowest BCUT2D eigenvalue weighted by Crippen LogP contribution is -2.53. The molecular formula is C16H23F4N3O2. The standard InChI is InChI=1S/C16H23F4N3O2/c1-15(2,3)25-14(24)23-11(16(18,19)20)8-10(17)12(21)13(23)9-4-6-22-7-5-9/h8-9,11,22H,4-7,21H2,1-3H3. The third-order valence-electron chi connectivity index (χ3n) is 4.03. The quantitative estimate of drug-likeness (QED) is 0.701. The molecule has 0 aromatic heterocycles. The van der Waals surface area contributed by atoms with Gasteiger partial charge >= 0.3 is 12.3 Å². The second-order valence-corrected chi connectivity index (χ2v) is 7.17. The van der Waals surface area contributed by atoms with Crippen LogP contribution in [0.25, 0.3) is 0 Å². The highest BCUT2D eigenvalue weighted by molar-refractivity contribution is 5.73. The number of alkyl halides is 3. The second kappa shape index (κ2) is 6.86. The maximum atomic E-state index is 14.1. The lowest BCUT2D eigenvalue weighted by Gasteiger charge is -2.41. The number of rotatable bonds is 1. The van der Waals surface area contributed by atoms with Gasteiger partial charge in [-0.05, 0) is 52.8 Å². The van der Waals surface area contributed by atoms with Crippen molar-refractivity contribution < 1.29 is 27.1 Å². The number of hydrogen-bond donors (Lipinski definition) is 2. The summed E-state index contributed by atoms with van der Waals surface area (Å²) >= 11 is 0. The number of nitrogens with one attached hydrogen (secondary N) is 1. The molecule has 2 heterocycles. The Morgan fingerprint density at radius 1 is 1.28 bits per heavy atom. The monoisotopic (exact) mass is 365 g/mol. The molecule has 2 aliphatic heterocycles.